The summed E-state index contributed by atoms with van der Waals surface area (Å²) in [4.78, 5) is 0.163. The van der Waals surface area contributed by atoms with E-state index in [1.165, 1.54) is 23.5 Å². The summed E-state index contributed by atoms with van der Waals surface area (Å²) in [5.41, 5.74) is 29.8. The minimum Gasteiger partial charge on any atom is -0.396 e. The molecule has 254 valence electrons. The molecule has 0 atom stereocenters. The van der Waals surface area contributed by atoms with E-state index in [1.54, 1.807) is 72.8 Å². The lowest BCUT2D eigenvalue weighted by atomic mass is 9.92. The van der Waals surface area contributed by atoms with Crippen molar-refractivity contribution in [1.82, 2.24) is 0 Å². The zero-order valence-corrected chi connectivity index (χ0v) is 29.6. The van der Waals surface area contributed by atoms with Gasteiger partial charge in [-0.3, -0.25) is 9.11 Å². The third-order valence-corrected chi connectivity index (χ3v) is 11.8. The second-order valence-electron chi connectivity index (χ2n) is 11.0. The number of benzene rings is 6. The summed E-state index contributed by atoms with van der Waals surface area (Å²) in [5.74, 6) is 0. The van der Waals surface area contributed by atoms with Gasteiger partial charge < -0.3 is 11.5 Å². The highest BCUT2D eigenvalue weighted by molar-refractivity contribution is 7.99. The topological polar surface area (TPSA) is 233 Å². The summed E-state index contributed by atoms with van der Waals surface area (Å²) in [5, 5.41) is 8.64. The van der Waals surface area contributed by atoms with E-state index in [4.69, 9.17) is 22.5 Å². The molecule has 0 heterocycles. The van der Waals surface area contributed by atoms with Gasteiger partial charge in [-0.25, -0.2) is 11.1 Å². The molecule has 6 aromatic carbocycles. The number of hydrogen-bond donors (Lipinski definition) is 6. The SMILES string of the molecule is CSc1cc(-c2ccc(-c3c(S(=O)(=O)O)c(N=N)c(N)c4ccccc34)c(SC)c2)ccc1-c1c(S(=O)(=O)O)c(N=N)c(N)c2ccccc12. The van der Waals surface area contributed by atoms with Crippen molar-refractivity contribution >= 4 is 88.1 Å². The van der Waals surface area contributed by atoms with Gasteiger partial charge in [-0.05, 0) is 57.7 Å². The monoisotopic (exact) mass is 744 g/mol. The van der Waals surface area contributed by atoms with Crippen LogP contribution in [0.15, 0.2) is 115 Å². The predicted octanol–water partition coefficient (Wildman–Crippen LogP) is 9.42. The van der Waals surface area contributed by atoms with Crippen LogP contribution in [0, 0.1) is 11.1 Å². The molecule has 16 heteroatoms. The Morgan fingerprint density at radius 3 is 1.22 bits per heavy atom. The van der Waals surface area contributed by atoms with Crippen molar-refractivity contribution < 1.29 is 25.9 Å². The first-order valence-corrected chi connectivity index (χ1v) is 19.8. The molecule has 6 aromatic rings. The van der Waals surface area contributed by atoms with Gasteiger partial charge in [0.25, 0.3) is 20.2 Å². The fourth-order valence-electron chi connectivity index (χ4n) is 6.27. The van der Waals surface area contributed by atoms with Gasteiger partial charge in [-0.1, -0.05) is 72.8 Å². The van der Waals surface area contributed by atoms with Gasteiger partial charge in [0.05, 0.1) is 11.4 Å². The van der Waals surface area contributed by atoms with Gasteiger partial charge in [0, 0.05) is 31.7 Å². The van der Waals surface area contributed by atoms with Crippen molar-refractivity contribution in [2.75, 3.05) is 24.0 Å². The fraction of sp³-hybridized carbons (Fsp3) is 0.0588. The summed E-state index contributed by atoms with van der Waals surface area (Å²) in [6.07, 6.45) is 3.64. The molecule has 12 nitrogen and oxygen atoms in total. The van der Waals surface area contributed by atoms with E-state index in [0.717, 1.165) is 11.1 Å². The minimum atomic E-state index is -4.90. The maximum Gasteiger partial charge on any atom is 0.297 e. The van der Waals surface area contributed by atoms with Crippen LogP contribution >= 0.6 is 23.5 Å². The molecule has 50 heavy (non-hydrogen) atoms. The molecule has 0 radical (unpaired) electrons. The van der Waals surface area contributed by atoms with Crippen molar-refractivity contribution in [2.24, 2.45) is 10.2 Å². The van der Waals surface area contributed by atoms with Crippen LogP contribution in [0.5, 0.6) is 0 Å². The Balaban J connectivity index is 1.60. The zero-order valence-electron chi connectivity index (χ0n) is 26.3. The van der Waals surface area contributed by atoms with E-state index in [9.17, 15) is 25.9 Å². The number of hydrogen-bond acceptors (Lipinski definition) is 12. The standard InChI is InChI=1S/C34H28N6O6S4/c1-47-25-15-17(11-13-23(25)27-19-7-3-5-9-21(19)29(35)31(39-37)33(27)49(41,42)43)18-12-14-24(26(16-18)48-2)28-20-8-4-6-10-22(20)30(36)32(40-38)34(28)50(44,45)46/h3-16,37-38H,35-36H2,1-2H3,(H,41,42,43)(H,44,45,46). The lowest BCUT2D eigenvalue weighted by Crippen LogP contribution is -2.05. The molecule has 6 rings (SSSR count). The summed E-state index contributed by atoms with van der Waals surface area (Å²) in [6, 6.07) is 24.4. The molecule has 0 aliphatic rings. The van der Waals surface area contributed by atoms with Crippen LogP contribution in [0.2, 0.25) is 0 Å². The maximum atomic E-state index is 12.8. The predicted molar refractivity (Wildman–Crippen MR) is 199 cm³/mol. The summed E-state index contributed by atoms with van der Waals surface area (Å²) in [6.45, 7) is 0. The molecular formula is C34H28N6O6S4. The molecule has 0 fully saturated rings. The fourth-order valence-corrected chi connectivity index (χ4v) is 9.29. The average molecular weight is 745 g/mol. The molecule has 0 saturated heterocycles. The zero-order chi connectivity index (χ0) is 36.1. The molecule has 0 unspecified atom stereocenters. The Hall–Kier alpha value is -4.84. The number of anilines is 2. The van der Waals surface area contributed by atoms with Crippen molar-refractivity contribution in [1.29, 1.82) is 11.1 Å². The van der Waals surface area contributed by atoms with Crippen LogP contribution in [0.3, 0.4) is 0 Å². The number of fused-ring (bicyclic) bond motifs is 2. The van der Waals surface area contributed by atoms with Gasteiger partial charge in [-0.2, -0.15) is 27.1 Å². The number of nitrogens with zero attached hydrogens (tertiary/aromatic N) is 2. The largest absolute Gasteiger partial charge is 0.396 e. The van der Waals surface area contributed by atoms with E-state index in [-0.39, 0.29) is 33.9 Å². The Labute approximate surface area is 295 Å². The van der Waals surface area contributed by atoms with Crippen LogP contribution in [-0.2, 0) is 20.2 Å². The number of nitrogen functional groups attached to an aromatic ring is 2. The van der Waals surface area contributed by atoms with Crippen LogP contribution < -0.4 is 11.5 Å². The Bertz CT molecular complexity index is 2470. The molecule has 0 aliphatic carbocycles. The number of rotatable bonds is 9. The summed E-state index contributed by atoms with van der Waals surface area (Å²) in [7, 11) is -9.79. The number of nitrogens with two attached hydrogens (primary N) is 2. The highest BCUT2D eigenvalue weighted by atomic mass is 32.2. The minimum absolute atomic E-state index is 0.0477. The highest BCUT2D eigenvalue weighted by Crippen LogP contribution is 2.50. The molecular weight excluding hydrogens is 717 g/mol. The van der Waals surface area contributed by atoms with Crippen molar-refractivity contribution in [3.05, 3.63) is 84.9 Å². The second-order valence-corrected chi connectivity index (χ2v) is 15.4. The lowest BCUT2D eigenvalue weighted by molar-refractivity contribution is 0.481. The van der Waals surface area contributed by atoms with Gasteiger partial charge in [0.1, 0.15) is 21.2 Å². The van der Waals surface area contributed by atoms with Crippen molar-refractivity contribution in [3.8, 4) is 33.4 Å². The van der Waals surface area contributed by atoms with E-state index >= 15 is 0 Å². The molecule has 0 aromatic heterocycles. The van der Waals surface area contributed by atoms with E-state index in [0.29, 0.717) is 42.5 Å². The van der Waals surface area contributed by atoms with Crippen LogP contribution in [-0.4, -0.2) is 38.5 Å². The molecule has 0 amide bonds. The smallest absolute Gasteiger partial charge is 0.297 e. The Morgan fingerprint density at radius 1 is 0.580 bits per heavy atom. The highest BCUT2D eigenvalue weighted by Gasteiger charge is 2.30. The third kappa shape index (κ3) is 5.78. The second kappa shape index (κ2) is 13.1. The molecule has 8 N–H and O–H groups in total. The van der Waals surface area contributed by atoms with Crippen LogP contribution in [0.1, 0.15) is 0 Å². The average Bonchev–Trinajstić information content (AvgIpc) is 3.10. The molecule has 0 spiro atoms. The first-order chi connectivity index (χ1) is 23.8. The Morgan fingerprint density at radius 2 is 0.920 bits per heavy atom. The quantitative estimate of drug-likeness (QED) is 0.0355. The summed E-state index contributed by atoms with van der Waals surface area (Å²) < 4.78 is 72.0. The van der Waals surface area contributed by atoms with Crippen LogP contribution in [0.25, 0.3) is 54.9 Å². The first-order valence-electron chi connectivity index (χ1n) is 14.5. The normalized spacial score (nSPS) is 12.0. The van der Waals surface area contributed by atoms with E-state index in [2.05, 4.69) is 10.2 Å². The molecule has 0 aliphatic heterocycles. The van der Waals surface area contributed by atoms with E-state index < -0.39 is 30.0 Å². The van der Waals surface area contributed by atoms with Crippen LogP contribution in [0.4, 0.5) is 22.7 Å². The van der Waals surface area contributed by atoms with Crippen molar-refractivity contribution in [3.63, 3.8) is 0 Å². The van der Waals surface area contributed by atoms with Gasteiger partial charge in [0.15, 0.2) is 0 Å². The summed E-state index contributed by atoms with van der Waals surface area (Å²) >= 11 is 2.68. The first kappa shape index (κ1) is 35.0. The number of nitrogens with one attached hydrogen (secondary N) is 2. The van der Waals surface area contributed by atoms with Gasteiger partial charge >= 0.3 is 0 Å². The molecule has 0 bridgehead atoms. The molecule has 0 saturated carbocycles. The Kier molecular flexibility index (Phi) is 9.19. The lowest BCUT2D eigenvalue weighted by Gasteiger charge is -2.20. The van der Waals surface area contributed by atoms with Gasteiger partial charge in [0.2, 0.25) is 0 Å². The maximum absolute atomic E-state index is 12.8. The van der Waals surface area contributed by atoms with Crippen molar-refractivity contribution in [2.45, 2.75) is 19.6 Å². The van der Waals surface area contributed by atoms with E-state index in [1.807, 2.05) is 24.6 Å². The van der Waals surface area contributed by atoms with Gasteiger partial charge in [-0.15, -0.1) is 23.5 Å². The third-order valence-electron chi connectivity index (χ3n) is 8.38. The number of thioether (sulfide) groups is 2.